The highest BCUT2D eigenvalue weighted by Crippen LogP contribution is 2.24. The van der Waals surface area contributed by atoms with Crippen LogP contribution in [0.5, 0.6) is 0 Å². The summed E-state index contributed by atoms with van der Waals surface area (Å²) in [7, 11) is -5.58. The van der Waals surface area contributed by atoms with Crippen LogP contribution in [0.3, 0.4) is 0 Å². The summed E-state index contributed by atoms with van der Waals surface area (Å²) in [6.07, 6.45) is 1.05. The summed E-state index contributed by atoms with van der Waals surface area (Å²) in [6.45, 7) is 1.88. The van der Waals surface area contributed by atoms with Gasteiger partial charge in [-0.1, -0.05) is 17.7 Å². The van der Waals surface area contributed by atoms with Crippen LogP contribution in [-0.4, -0.2) is 30.1 Å². The molecule has 6 nitrogen and oxygen atoms in total. The van der Waals surface area contributed by atoms with Gasteiger partial charge in [-0.15, -0.1) is 0 Å². The van der Waals surface area contributed by atoms with Gasteiger partial charge in [-0.05, 0) is 43.3 Å². The molecule has 2 aromatic rings. The van der Waals surface area contributed by atoms with E-state index in [1.54, 1.807) is 36.4 Å². The Bertz CT molecular complexity index is 887. The van der Waals surface area contributed by atoms with Gasteiger partial charge >= 0.3 is 0 Å². The van der Waals surface area contributed by atoms with Crippen LogP contribution in [0.4, 0.5) is 11.4 Å². The monoisotopic (exact) mass is 354 g/mol. The van der Waals surface area contributed by atoms with Crippen molar-refractivity contribution < 1.29 is 16.8 Å². The largest absolute Gasteiger partial charge is 0.284 e. The minimum Gasteiger partial charge on any atom is -0.284 e. The third-order valence-corrected chi connectivity index (χ3v) is 5.62. The zero-order chi connectivity index (χ0) is 17.3. The normalized spacial score (nSPS) is 12.0. The van der Waals surface area contributed by atoms with Gasteiger partial charge in [0.15, 0.2) is 0 Å². The van der Waals surface area contributed by atoms with Crippen LogP contribution >= 0.6 is 0 Å². The molecule has 2 aromatic carbocycles. The highest BCUT2D eigenvalue weighted by atomic mass is 32.2. The maximum Gasteiger partial charge on any atom is 0.264 e. The van der Waals surface area contributed by atoms with Gasteiger partial charge in [0.2, 0.25) is 10.0 Å². The summed E-state index contributed by atoms with van der Waals surface area (Å²) in [4.78, 5) is 0.198. The first kappa shape index (κ1) is 17.3. The summed E-state index contributed by atoms with van der Waals surface area (Å²) >= 11 is 0. The molecule has 0 saturated heterocycles. The van der Waals surface area contributed by atoms with Crippen molar-refractivity contribution in [2.45, 2.75) is 11.8 Å². The summed E-state index contributed by atoms with van der Waals surface area (Å²) in [6, 6.07) is 12.7. The molecule has 0 aliphatic heterocycles. The molecule has 0 bridgehead atoms. The van der Waals surface area contributed by atoms with E-state index >= 15 is 0 Å². The second-order valence-corrected chi connectivity index (χ2v) is 8.92. The van der Waals surface area contributed by atoms with Gasteiger partial charge < -0.3 is 0 Å². The van der Waals surface area contributed by atoms with Crippen molar-refractivity contribution in [3.8, 4) is 0 Å². The van der Waals surface area contributed by atoms with Crippen LogP contribution in [0.1, 0.15) is 5.56 Å². The molecule has 2 rings (SSSR count). The summed E-state index contributed by atoms with van der Waals surface area (Å²) in [5, 5.41) is 0. The third-order valence-electron chi connectivity index (χ3n) is 3.21. The fraction of sp³-hybridized carbons (Fsp3) is 0.200. The van der Waals surface area contributed by atoms with Crippen molar-refractivity contribution in [2.75, 3.05) is 22.3 Å². The lowest BCUT2D eigenvalue weighted by Gasteiger charge is -2.20. The number of anilines is 2. The number of nitrogens with one attached hydrogen (secondary N) is 1. The van der Waals surface area contributed by atoms with Crippen molar-refractivity contribution in [1.82, 2.24) is 0 Å². The fourth-order valence-electron chi connectivity index (χ4n) is 1.96. The fourth-order valence-corrected chi connectivity index (χ4v) is 3.72. The van der Waals surface area contributed by atoms with Crippen molar-refractivity contribution in [1.29, 1.82) is 0 Å². The van der Waals surface area contributed by atoms with E-state index in [1.165, 1.54) is 19.2 Å². The molecule has 0 aliphatic rings. The van der Waals surface area contributed by atoms with Gasteiger partial charge in [0.1, 0.15) is 0 Å². The summed E-state index contributed by atoms with van der Waals surface area (Å²) in [5.74, 6) is 0. The Morgan fingerprint density at radius 2 is 1.39 bits per heavy atom. The molecule has 0 amide bonds. The Hall–Kier alpha value is -2.06. The molecule has 0 aromatic heterocycles. The minimum atomic E-state index is -3.66. The minimum absolute atomic E-state index is 0.198. The van der Waals surface area contributed by atoms with Crippen molar-refractivity contribution in [3.05, 3.63) is 54.1 Å². The molecule has 0 heterocycles. The zero-order valence-corrected chi connectivity index (χ0v) is 14.6. The first-order valence-corrected chi connectivity index (χ1v) is 10.1. The van der Waals surface area contributed by atoms with E-state index in [-0.39, 0.29) is 4.90 Å². The zero-order valence-electron chi connectivity index (χ0n) is 13.0. The highest BCUT2D eigenvalue weighted by molar-refractivity contribution is 7.92. The maximum absolute atomic E-state index is 12.6. The van der Waals surface area contributed by atoms with Crippen molar-refractivity contribution >= 4 is 31.4 Å². The topological polar surface area (TPSA) is 83.6 Å². The highest BCUT2D eigenvalue weighted by Gasteiger charge is 2.21. The van der Waals surface area contributed by atoms with E-state index < -0.39 is 20.0 Å². The maximum atomic E-state index is 12.6. The Labute approximate surface area is 136 Å². The number of nitrogens with zero attached hydrogens (tertiary/aromatic N) is 1. The second kappa shape index (κ2) is 6.21. The lowest BCUT2D eigenvalue weighted by molar-refractivity contribution is 0.594. The summed E-state index contributed by atoms with van der Waals surface area (Å²) in [5.41, 5.74) is 1.78. The number of rotatable bonds is 5. The van der Waals surface area contributed by atoms with Gasteiger partial charge in [-0.25, -0.2) is 16.8 Å². The lowest BCUT2D eigenvalue weighted by atomic mass is 10.2. The van der Waals surface area contributed by atoms with E-state index in [0.717, 1.165) is 16.1 Å². The van der Waals surface area contributed by atoms with E-state index in [0.29, 0.717) is 11.4 Å². The lowest BCUT2D eigenvalue weighted by Crippen LogP contribution is -2.26. The molecule has 1 N–H and O–H groups in total. The average molecular weight is 354 g/mol. The molecule has 0 unspecified atom stereocenters. The number of hydrogen-bond donors (Lipinski definition) is 1. The first-order chi connectivity index (χ1) is 10.6. The van der Waals surface area contributed by atoms with Crippen LogP contribution in [0, 0.1) is 6.92 Å². The van der Waals surface area contributed by atoms with E-state index in [9.17, 15) is 16.8 Å². The third kappa shape index (κ3) is 4.23. The molecule has 23 heavy (non-hydrogen) atoms. The molecule has 8 heteroatoms. The van der Waals surface area contributed by atoms with Crippen molar-refractivity contribution in [2.24, 2.45) is 0 Å². The smallest absolute Gasteiger partial charge is 0.264 e. The molecule has 0 fully saturated rings. The van der Waals surface area contributed by atoms with Crippen LogP contribution in [0.2, 0.25) is 0 Å². The van der Waals surface area contributed by atoms with E-state index in [4.69, 9.17) is 0 Å². The van der Waals surface area contributed by atoms with Gasteiger partial charge in [-0.3, -0.25) is 9.03 Å². The number of aryl methyl sites for hydroxylation is 1. The SMILES string of the molecule is Cc1ccc(S(=O)(=O)N(C)c2ccc(NS(C)(=O)=O)cc2)cc1. The van der Waals surface area contributed by atoms with Gasteiger partial charge in [0.25, 0.3) is 10.0 Å². The molecule has 124 valence electrons. The van der Waals surface area contributed by atoms with Gasteiger partial charge in [0.05, 0.1) is 16.8 Å². The number of sulfonamides is 2. The predicted molar refractivity (Wildman–Crippen MR) is 91.7 cm³/mol. The molecule has 0 saturated carbocycles. The molecular weight excluding hydrogens is 336 g/mol. The quantitative estimate of drug-likeness (QED) is 0.892. The van der Waals surface area contributed by atoms with Gasteiger partial charge in [-0.2, -0.15) is 0 Å². The Morgan fingerprint density at radius 1 is 0.870 bits per heavy atom. The standard InChI is InChI=1S/C15H18N2O4S2/c1-12-4-10-15(11-5-12)23(20,21)17(2)14-8-6-13(7-9-14)16-22(3,18)19/h4-11,16H,1-3H3. The molecule has 0 aliphatic carbocycles. The first-order valence-electron chi connectivity index (χ1n) is 6.73. The van der Waals surface area contributed by atoms with Gasteiger partial charge in [0, 0.05) is 12.7 Å². The van der Waals surface area contributed by atoms with Crippen LogP contribution < -0.4 is 9.03 Å². The number of benzene rings is 2. The predicted octanol–water partition coefficient (Wildman–Crippen LogP) is 2.19. The molecule has 0 spiro atoms. The average Bonchev–Trinajstić information content (AvgIpc) is 2.46. The second-order valence-electron chi connectivity index (χ2n) is 5.21. The van der Waals surface area contributed by atoms with Crippen LogP contribution in [0.25, 0.3) is 0 Å². The molecular formula is C15H18N2O4S2. The van der Waals surface area contributed by atoms with Crippen molar-refractivity contribution in [3.63, 3.8) is 0 Å². The Balaban J connectivity index is 2.29. The van der Waals surface area contributed by atoms with Crippen LogP contribution in [-0.2, 0) is 20.0 Å². The Morgan fingerprint density at radius 3 is 1.87 bits per heavy atom. The van der Waals surface area contributed by atoms with E-state index in [1.807, 2.05) is 6.92 Å². The van der Waals surface area contributed by atoms with E-state index in [2.05, 4.69) is 4.72 Å². The molecule has 0 atom stereocenters. The van der Waals surface area contributed by atoms with Crippen LogP contribution in [0.15, 0.2) is 53.4 Å². The Kier molecular flexibility index (Phi) is 4.67. The summed E-state index contributed by atoms with van der Waals surface area (Å²) < 4.78 is 51.0. The number of hydrogen-bond acceptors (Lipinski definition) is 4. The molecule has 0 radical (unpaired) electrons.